The van der Waals surface area contributed by atoms with E-state index in [-0.39, 0.29) is 95.8 Å². The first-order valence-corrected chi connectivity index (χ1v) is 26.3. The Morgan fingerprint density at radius 1 is 0.890 bits per heavy atom. The summed E-state index contributed by atoms with van der Waals surface area (Å²) in [6, 6.07) is 23.9. The minimum Gasteiger partial charge on any atom is -0.490 e. The highest BCUT2D eigenvalue weighted by Crippen LogP contribution is 2.40. The number of benzene rings is 4. The maximum Gasteiger partial charge on any atom is 0.328 e. The summed E-state index contributed by atoms with van der Waals surface area (Å²) in [4.78, 5) is 69.1. The number of hydrogen-bond donors (Lipinski definition) is 4. The lowest BCUT2D eigenvalue weighted by atomic mass is 9.78. The summed E-state index contributed by atoms with van der Waals surface area (Å²) in [5.74, 6) is -0.860. The van der Waals surface area contributed by atoms with E-state index in [2.05, 4.69) is 33.0 Å². The molecule has 0 aromatic heterocycles. The number of nitrogens with one attached hydrogen (secondary N) is 3. The number of ether oxygens (including phenoxy) is 3. The van der Waals surface area contributed by atoms with Crippen LogP contribution in [0.25, 0.3) is 11.1 Å². The molecule has 0 radical (unpaired) electrons. The lowest BCUT2D eigenvalue weighted by Crippen LogP contribution is -2.54. The molecule has 0 spiro atoms. The van der Waals surface area contributed by atoms with Crippen LogP contribution in [0, 0.1) is 24.6 Å². The molecule has 5 fully saturated rings. The van der Waals surface area contributed by atoms with Crippen molar-refractivity contribution >= 4 is 46.9 Å². The summed E-state index contributed by atoms with van der Waals surface area (Å²) in [6.07, 6.45) is 8.10. The second kappa shape index (κ2) is 23.9. The molecular weight excluding hydrogens is 953 g/mol. The van der Waals surface area contributed by atoms with Crippen molar-refractivity contribution in [2.75, 3.05) is 70.5 Å². The van der Waals surface area contributed by atoms with Crippen molar-refractivity contribution in [1.82, 2.24) is 25.8 Å². The van der Waals surface area contributed by atoms with Crippen molar-refractivity contribution in [3.8, 4) is 22.6 Å². The Bertz CT molecular complexity index is 2630. The van der Waals surface area contributed by atoms with E-state index in [9.17, 15) is 24.0 Å². The van der Waals surface area contributed by atoms with Crippen molar-refractivity contribution in [1.29, 1.82) is 0 Å². The zero-order valence-corrected chi connectivity index (χ0v) is 42.3. The van der Waals surface area contributed by atoms with Gasteiger partial charge in [-0.05, 0) is 111 Å². The Hall–Kier alpha value is -6.07. The number of rotatable bonds is 19. The van der Waals surface area contributed by atoms with Crippen LogP contribution in [-0.4, -0.2) is 123 Å². The van der Waals surface area contributed by atoms with E-state index in [4.69, 9.17) is 31.5 Å². The Morgan fingerprint density at radius 2 is 1.67 bits per heavy atom. The van der Waals surface area contributed by atoms with Crippen molar-refractivity contribution < 1.29 is 42.6 Å². The molecule has 2 unspecified atom stereocenters. The predicted molar refractivity (Wildman–Crippen MR) is 276 cm³/mol. The monoisotopic (exact) mass is 1020 g/mol. The minimum atomic E-state index is -0.768. The number of nitrogens with two attached hydrogens (primary N) is 1. The summed E-state index contributed by atoms with van der Waals surface area (Å²) in [7, 11) is 0. The normalized spacial score (nSPS) is 22.8. The van der Waals surface area contributed by atoms with E-state index in [0.29, 0.717) is 49.0 Å². The highest BCUT2D eigenvalue weighted by molar-refractivity contribution is 6.33. The summed E-state index contributed by atoms with van der Waals surface area (Å²) in [6.45, 7) is 7.37. The zero-order chi connectivity index (χ0) is 51.0. The average Bonchev–Trinajstić information content (AvgIpc) is 3.91. The molecule has 6 amide bonds. The fourth-order valence-electron chi connectivity index (χ4n) is 11.1. The van der Waals surface area contributed by atoms with Gasteiger partial charge in [-0.25, -0.2) is 9.18 Å². The van der Waals surface area contributed by atoms with Gasteiger partial charge >= 0.3 is 6.03 Å². The standard InChI is InChI=1S/C56H67ClFN7O8/c1-35-9-15-43(31-48(35)65-21-19-50(66)62-56(65)70)73-34-51(67)64-24-22-63(23-25-64)33-36-28-41(29-36)61-55(69)38-10-13-40(14-11-38)60-32-46(37-6-3-2-4-7-37)39-12-17-47(57)45(30-39)52-44(54(59)68)16-18-49(53(52)58)72-27-20-42-8-5-26-71-42/h2-4,6-7,9,12,15-18,30-31,36,38,40-42,46,60H,5,8,10-11,13-14,19-29,32-34H2,1H3,(H2,59,68)(H,61,69)(H,62,66,70). The fraction of sp³-hybridized carbons (Fsp3) is 0.482. The van der Waals surface area contributed by atoms with Crippen molar-refractivity contribution in [3.63, 3.8) is 0 Å². The number of primary amides is 1. The van der Waals surface area contributed by atoms with Gasteiger partial charge in [-0.1, -0.05) is 54.1 Å². The number of amides is 6. The van der Waals surface area contributed by atoms with Gasteiger partial charge in [0.25, 0.3) is 5.91 Å². The quantitative estimate of drug-likeness (QED) is 0.0741. The van der Waals surface area contributed by atoms with E-state index >= 15 is 4.39 Å². The molecule has 2 saturated carbocycles. The smallest absolute Gasteiger partial charge is 0.328 e. The van der Waals surface area contributed by atoms with E-state index in [0.717, 1.165) is 94.3 Å². The van der Waals surface area contributed by atoms with Crippen LogP contribution in [0.15, 0.2) is 78.9 Å². The van der Waals surface area contributed by atoms with E-state index < -0.39 is 17.8 Å². The van der Waals surface area contributed by atoms with Gasteiger partial charge in [0.2, 0.25) is 17.7 Å². The number of halogens is 2. The molecule has 2 aliphatic carbocycles. The lowest BCUT2D eigenvalue weighted by molar-refractivity contribution is -0.135. The minimum absolute atomic E-state index is 0.0134. The second-order valence-electron chi connectivity index (χ2n) is 20.3. The first-order valence-electron chi connectivity index (χ1n) is 26.0. The maximum atomic E-state index is 16.4. The molecule has 3 saturated heterocycles. The molecule has 5 N–H and O–H groups in total. The number of aryl methyl sites for hydroxylation is 1. The van der Waals surface area contributed by atoms with Crippen LogP contribution in [0.1, 0.15) is 97.2 Å². The van der Waals surface area contributed by atoms with Crippen LogP contribution in [0.2, 0.25) is 5.02 Å². The van der Waals surface area contributed by atoms with Gasteiger partial charge in [-0.2, -0.15) is 0 Å². The highest BCUT2D eigenvalue weighted by Gasteiger charge is 2.36. The molecule has 17 heteroatoms. The SMILES string of the molecule is Cc1ccc(OCC(=O)N2CCN(CC3CC(NC(=O)C4CCC(NCC(c5ccccc5)c5ccc(Cl)c(-c6c(C(N)=O)ccc(OCCC7CCCO7)c6F)c5)CC4)C3)CC2)cc1N1CCC(=O)NC1=O. The van der Waals surface area contributed by atoms with Gasteiger partial charge in [0, 0.05) is 111 Å². The molecule has 5 aliphatic rings. The van der Waals surface area contributed by atoms with Gasteiger partial charge in [-0.15, -0.1) is 0 Å². The van der Waals surface area contributed by atoms with E-state index in [1.165, 1.54) is 17.0 Å². The maximum absolute atomic E-state index is 16.4. The van der Waals surface area contributed by atoms with Gasteiger partial charge in [0.1, 0.15) is 5.75 Å². The average molecular weight is 1020 g/mol. The molecule has 4 aromatic carbocycles. The van der Waals surface area contributed by atoms with E-state index in [1.54, 1.807) is 18.2 Å². The number of imide groups is 1. The van der Waals surface area contributed by atoms with Crippen LogP contribution in [-0.2, 0) is 19.1 Å². The number of carbonyl (C=O) groups excluding carboxylic acids is 5. The number of piperazine rings is 1. The first kappa shape index (κ1) is 51.8. The van der Waals surface area contributed by atoms with Crippen LogP contribution in [0.5, 0.6) is 11.5 Å². The molecule has 73 heavy (non-hydrogen) atoms. The Kier molecular flexibility index (Phi) is 16.9. The zero-order valence-electron chi connectivity index (χ0n) is 41.6. The summed E-state index contributed by atoms with van der Waals surface area (Å²) in [5.41, 5.74) is 9.67. The Balaban J connectivity index is 0.713. The molecule has 15 nitrogen and oxygen atoms in total. The van der Waals surface area contributed by atoms with Crippen molar-refractivity contribution in [2.45, 2.75) is 95.2 Å². The largest absolute Gasteiger partial charge is 0.490 e. The third kappa shape index (κ3) is 12.8. The van der Waals surface area contributed by atoms with Gasteiger partial charge < -0.3 is 35.5 Å². The van der Waals surface area contributed by atoms with Crippen LogP contribution < -0.4 is 36.1 Å². The third-order valence-electron chi connectivity index (χ3n) is 15.4. The molecule has 9 rings (SSSR count). The number of carbonyl (C=O) groups is 5. The van der Waals surface area contributed by atoms with Gasteiger partial charge in [0.15, 0.2) is 18.2 Å². The topological polar surface area (TPSA) is 185 Å². The number of nitrogens with zero attached hydrogens (tertiary/aromatic N) is 3. The molecular formula is C56H67ClFN7O8. The first-order chi connectivity index (χ1) is 35.4. The summed E-state index contributed by atoms with van der Waals surface area (Å²) >= 11 is 6.81. The molecule has 0 bridgehead atoms. The number of hydrogen-bond acceptors (Lipinski definition) is 10. The van der Waals surface area contributed by atoms with Crippen LogP contribution in [0.4, 0.5) is 14.9 Å². The second-order valence-corrected chi connectivity index (χ2v) is 20.7. The lowest BCUT2D eigenvalue weighted by Gasteiger charge is -2.42. The van der Waals surface area contributed by atoms with Crippen LogP contribution >= 0.6 is 11.6 Å². The Morgan fingerprint density at radius 3 is 2.40 bits per heavy atom. The van der Waals surface area contributed by atoms with E-state index in [1.807, 2.05) is 48.2 Å². The summed E-state index contributed by atoms with van der Waals surface area (Å²) in [5, 5.41) is 9.77. The molecule has 2 atom stereocenters. The van der Waals surface area contributed by atoms with Gasteiger partial charge in [-0.3, -0.25) is 34.3 Å². The summed E-state index contributed by atoms with van der Waals surface area (Å²) < 4.78 is 33.9. The number of urea groups is 1. The fourth-order valence-corrected chi connectivity index (χ4v) is 11.3. The van der Waals surface area contributed by atoms with Crippen molar-refractivity contribution in [2.24, 2.45) is 17.6 Å². The number of anilines is 1. The van der Waals surface area contributed by atoms with Crippen molar-refractivity contribution in [3.05, 3.63) is 112 Å². The predicted octanol–water partition coefficient (Wildman–Crippen LogP) is 7.35. The molecule has 388 valence electrons. The molecule has 4 aromatic rings. The molecule has 3 aliphatic heterocycles. The van der Waals surface area contributed by atoms with Gasteiger partial charge in [0.05, 0.1) is 24.0 Å². The highest BCUT2D eigenvalue weighted by atomic mass is 35.5. The third-order valence-corrected chi connectivity index (χ3v) is 15.7. The van der Waals surface area contributed by atoms with Crippen LogP contribution in [0.3, 0.4) is 0 Å². The Labute approximate surface area is 431 Å². The molecule has 3 heterocycles.